The number of carbonyl (C=O) groups is 1. The summed E-state index contributed by atoms with van der Waals surface area (Å²) in [7, 11) is 0. The lowest BCUT2D eigenvalue weighted by Crippen LogP contribution is -2.59. The molecule has 0 radical (unpaired) electrons. The van der Waals surface area contributed by atoms with Gasteiger partial charge in [0.2, 0.25) is 5.91 Å². The molecule has 1 N–H and O–H groups in total. The number of hydrogen-bond acceptors (Lipinski definition) is 4. The first-order valence-electron chi connectivity index (χ1n) is 7.43. The first kappa shape index (κ1) is 15.5. The Balaban J connectivity index is 2.05. The van der Waals surface area contributed by atoms with Gasteiger partial charge in [-0.2, -0.15) is 5.26 Å². The van der Waals surface area contributed by atoms with Gasteiger partial charge in [-0.1, -0.05) is 25.1 Å². The lowest BCUT2D eigenvalue weighted by molar-refractivity contribution is -0.120. The predicted octanol–water partition coefficient (Wildman–Crippen LogP) is 1.23. The minimum Gasteiger partial charge on any atom is -0.314 e. The van der Waals surface area contributed by atoms with E-state index < -0.39 is 0 Å². The molecule has 1 amide bonds. The fourth-order valence-electron chi connectivity index (χ4n) is 2.47. The molecule has 1 heterocycles. The van der Waals surface area contributed by atoms with E-state index in [-0.39, 0.29) is 12.5 Å². The zero-order chi connectivity index (χ0) is 15.1. The molecule has 5 heteroatoms. The molecule has 0 atom stereocenters. The maximum Gasteiger partial charge on any atom is 0.242 e. The van der Waals surface area contributed by atoms with Crippen LogP contribution in [0.2, 0.25) is 0 Å². The Hall–Kier alpha value is -1.90. The van der Waals surface area contributed by atoms with E-state index in [1.807, 2.05) is 30.3 Å². The van der Waals surface area contributed by atoms with Gasteiger partial charge in [0, 0.05) is 24.8 Å². The monoisotopic (exact) mass is 286 g/mol. The number of para-hydroxylation sites is 1. The highest BCUT2D eigenvalue weighted by Gasteiger charge is 2.27. The van der Waals surface area contributed by atoms with Crippen molar-refractivity contribution in [3.63, 3.8) is 0 Å². The van der Waals surface area contributed by atoms with Gasteiger partial charge in [-0.3, -0.25) is 14.6 Å². The molecular formula is C16H22N4O. The summed E-state index contributed by atoms with van der Waals surface area (Å²) in [6.07, 6.45) is 1.02. The molecule has 1 aliphatic heterocycles. The number of nitrogens with one attached hydrogen (secondary N) is 1. The van der Waals surface area contributed by atoms with Gasteiger partial charge in [0.25, 0.3) is 0 Å². The number of hydrogen-bond donors (Lipinski definition) is 1. The number of amides is 1. The van der Waals surface area contributed by atoms with E-state index in [1.165, 1.54) is 0 Å². The van der Waals surface area contributed by atoms with Crippen LogP contribution in [0.4, 0.5) is 5.69 Å². The zero-order valence-corrected chi connectivity index (χ0v) is 12.5. The Bertz CT molecular complexity index is 493. The fraction of sp³-hybridized carbons (Fsp3) is 0.500. The topological polar surface area (TPSA) is 59.4 Å². The highest BCUT2D eigenvalue weighted by atomic mass is 16.2. The maximum absolute atomic E-state index is 12.6. The second-order valence-corrected chi connectivity index (χ2v) is 5.26. The van der Waals surface area contributed by atoms with Gasteiger partial charge in [0.05, 0.1) is 12.6 Å². The van der Waals surface area contributed by atoms with Crippen LogP contribution in [0.25, 0.3) is 0 Å². The SMILES string of the molecule is CCCN(CC(=O)N(CC#N)c1ccccc1)C1CNC1. The van der Waals surface area contributed by atoms with Crippen LogP contribution in [-0.4, -0.2) is 49.6 Å². The van der Waals surface area contributed by atoms with Crippen LogP contribution in [0, 0.1) is 11.3 Å². The van der Waals surface area contributed by atoms with Crippen molar-refractivity contribution in [3.05, 3.63) is 30.3 Å². The Morgan fingerprint density at radius 3 is 2.62 bits per heavy atom. The van der Waals surface area contributed by atoms with Crippen molar-refractivity contribution in [3.8, 4) is 6.07 Å². The Labute approximate surface area is 126 Å². The number of nitriles is 1. The lowest BCUT2D eigenvalue weighted by Gasteiger charge is -2.38. The van der Waals surface area contributed by atoms with E-state index in [9.17, 15) is 4.79 Å². The summed E-state index contributed by atoms with van der Waals surface area (Å²) in [5, 5.41) is 12.2. The Kier molecular flexibility index (Phi) is 5.73. The quantitative estimate of drug-likeness (QED) is 0.766. The number of benzene rings is 1. The molecule has 0 unspecified atom stereocenters. The van der Waals surface area contributed by atoms with E-state index in [0.29, 0.717) is 12.6 Å². The molecule has 112 valence electrons. The van der Waals surface area contributed by atoms with Gasteiger partial charge in [-0.05, 0) is 25.1 Å². The summed E-state index contributed by atoms with van der Waals surface area (Å²) in [5.74, 6) is -0.0110. The van der Waals surface area contributed by atoms with Gasteiger partial charge in [0.1, 0.15) is 6.54 Å². The molecule has 0 aliphatic carbocycles. The normalized spacial score (nSPS) is 14.5. The number of rotatable bonds is 7. The minimum absolute atomic E-state index is 0.0110. The molecule has 1 saturated heterocycles. The van der Waals surface area contributed by atoms with Crippen molar-refractivity contribution in [2.45, 2.75) is 19.4 Å². The van der Waals surface area contributed by atoms with Gasteiger partial charge in [0.15, 0.2) is 0 Å². The number of nitrogens with zero attached hydrogens (tertiary/aromatic N) is 3. The van der Waals surface area contributed by atoms with Crippen molar-refractivity contribution in [2.24, 2.45) is 0 Å². The fourth-order valence-corrected chi connectivity index (χ4v) is 2.47. The molecule has 5 nitrogen and oxygen atoms in total. The molecule has 1 aromatic rings. The molecule has 1 aromatic carbocycles. The third-order valence-corrected chi connectivity index (χ3v) is 3.72. The summed E-state index contributed by atoms with van der Waals surface area (Å²) < 4.78 is 0. The largest absolute Gasteiger partial charge is 0.314 e. The molecular weight excluding hydrogens is 264 g/mol. The summed E-state index contributed by atoms with van der Waals surface area (Å²) in [6, 6.07) is 11.9. The first-order valence-corrected chi connectivity index (χ1v) is 7.43. The van der Waals surface area contributed by atoms with Crippen LogP contribution in [0.15, 0.2) is 30.3 Å². The van der Waals surface area contributed by atoms with Crippen LogP contribution in [0.5, 0.6) is 0 Å². The van der Waals surface area contributed by atoms with Crippen molar-refractivity contribution in [2.75, 3.05) is 37.6 Å². The molecule has 0 bridgehead atoms. The molecule has 0 spiro atoms. The van der Waals surface area contributed by atoms with Crippen molar-refractivity contribution in [1.29, 1.82) is 5.26 Å². The van der Waals surface area contributed by atoms with Gasteiger partial charge >= 0.3 is 0 Å². The zero-order valence-electron chi connectivity index (χ0n) is 12.5. The predicted molar refractivity (Wildman–Crippen MR) is 82.9 cm³/mol. The van der Waals surface area contributed by atoms with E-state index in [0.717, 1.165) is 31.7 Å². The second-order valence-electron chi connectivity index (χ2n) is 5.26. The smallest absolute Gasteiger partial charge is 0.242 e. The average Bonchev–Trinajstić information content (AvgIpc) is 2.44. The molecule has 0 aromatic heterocycles. The van der Waals surface area contributed by atoms with E-state index in [1.54, 1.807) is 4.90 Å². The van der Waals surface area contributed by atoms with Crippen LogP contribution in [0.1, 0.15) is 13.3 Å². The molecule has 0 saturated carbocycles. The summed E-state index contributed by atoms with van der Waals surface area (Å²) in [4.78, 5) is 16.4. The lowest BCUT2D eigenvalue weighted by atomic mass is 10.1. The molecule has 1 fully saturated rings. The van der Waals surface area contributed by atoms with E-state index in [2.05, 4.69) is 23.2 Å². The standard InChI is InChI=1S/C16H22N4O/c1-2-9-19(15-11-18-12-15)13-16(21)20(10-8-17)14-6-4-3-5-7-14/h3-7,15,18H,2,9-13H2,1H3. The number of anilines is 1. The van der Waals surface area contributed by atoms with Crippen molar-refractivity contribution in [1.82, 2.24) is 10.2 Å². The Morgan fingerprint density at radius 2 is 2.10 bits per heavy atom. The van der Waals surface area contributed by atoms with Crippen LogP contribution in [-0.2, 0) is 4.79 Å². The van der Waals surface area contributed by atoms with Gasteiger partial charge < -0.3 is 5.32 Å². The molecule has 2 rings (SSSR count). The van der Waals surface area contributed by atoms with E-state index >= 15 is 0 Å². The minimum atomic E-state index is -0.0110. The maximum atomic E-state index is 12.6. The summed E-state index contributed by atoms with van der Waals surface area (Å²) in [5.41, 5.74) is 0.784. The second kappa shape index (κ2) is 7.77. The third kappa shape index (κ3) is 4.03. The third-order valence-electron chi connectivity index (χ3n) is 3.72. The van der Waals surface area contributed by atoms with Crippen LogP contribution in [0.3, 0.4) is 0 Å². The van der Waals surface area contributed by atoms with Crippen molar-refractivity contribution >= 4 is 11.6 Å². The molecule has 21 heavy (non-hydrogen) atoms. The highest BCUT2D eigenvalue weighted by molar-refractivity contribution is 5.95. The van der Waals surface area contributed by atoms with E-state index in [4.69, 9.17) is 5.26 Å². The summed E-state index contributed by atoms with van der Waals surface area (Å²) >= 11 is 0. The van der Waals surface area contributed by atoms with Crippen LogP contribution >= 0.6 is 0 Å². The molecule has 1 aliphatic rings. The van der Waals surface area contributed by atoms with Gasteiger partial charge in [-0.15, -0.1) is 0 Å². The van der Waals surface area contributed by atoms with Gasteiger partial charge in [-0.25, -0.2) is 0 Å². The van der Waals surface area contributed by atoms with Crippen molar-refractivity contribution < 1.29 is 4.79 Å². The highest BCUT2D eigenvalue weighted by Crippen LogP contribution is 2.14. The summed E-state index contributed by atoms with van der Waals surface area (Å²) in [6.45, 7) is 5.37. The first-order chi connectivity index (χ1) is 10.3. The number of carbonyl (C=O) groups excluding carboxylic acids is 1. The Morgan fingerprint density at radius 1 is 1.38 bits per heavy atom. The average molecular weight is 286 g/mol. The van der Waals surface area contributed by atoms with Crippen LogP contribution < -0.4 is 10.2 Å².